The summed E-state index contributed by atoms with van der Waals surface area (Å²) in [7, 11) is 0. The van der Waals surface area contributed by atoms with Crippen LogP contribution in [0.4, 0.5) is 14.5 Å². The van der Waals surface area contributed by atoms with Gasteiger partial charge in [0, 0.05) is 0 Å². The summed E-state index contributed by atoms with van der Waals surface area (Å²) in [5.41, 5.74) is 0.214. The van der Waals surface area contributed by atoms with Gasteiger partial charge in [-0.1, -0.05) is 35.3 Å². The molecule has 29 heavy (non-hydrogen) atoms. The maximum atomic E-state index is 14.3. The summed E-state index contributed by atoms with van der Waals surface area (Å²) < 4.78 is 33.8. The Labute approximate surface area is 176 Å². The number of thiazole rings is 1. The molecule has 1 atom stereocenters. The van der Waals surface area contributed by atoms with Crippen LogP contribution in [0.1, 0.15) is 11.4 Å². The molecule has 0 fully saturated rings. The van der Waals surface area contributed by atoms with Crippen LogP contribution in [0.15, 0.2) is 24.3 Å². The lowest BCUT2D eigenvalue weighted by molar-refractivity contribution is -0.142. The second-order valence-corrected chi connectivity index (χ2v) is 7.98. The predicted molar refractivity (Wildman–Crippen MR) is 104 cm³/mol. The maximum Gasteiger partial charge on any atom is 0.307 e. The number of aliphatic carboxylic acids is 1. The fourth-order valence-electron chi connectivity index (χ4n) is 2.99. The van der Waals surface area contributed by atoms with Crippen LogP contribution in [0.3, 0.4) is 0 Å². The molecule has 1 aliphatic rings. The third-order valence-corrected chi connectivity index (χ3v) is 6.13. The number of fused-ring (bicyclic) bond motifs is 2. The average Bonchev–Trinajstić information content (AvgIpc) is 3.11. The Balaban J connectivity index is 1.76. The van der Waals surface area contributed by atoms with E-state index in [1.54, 1.807) is 24.3 Å². The molecule has 1 unspecified atom stereocenters. The van der Waals surface area contributed by atoms with Crippen molar-refractivity contribution in [2.75, 3.05) is 4.90 Å². The molecule has 1 N–H and O–H groups in total. The predicted octanol–water partition coefficient (Wildman–Crippen LogP) is 4.65. The number of para-hydroxylation sites is 2. The number of hydrogen-bond donors (Lipinski definition) is 1. The highest BCUT2D eigenvalue weighted by Gasteiger charge is 2.36. The molecule has 2 heterocycles. The van der Waals surface area contributed by atoms with E-state index in [0.717, 1.165) is 11.3 Å². The molecule has 0 spiro atoms. The quantitative estimate of drug-likeness (QED) is 0.454. The summed E-state index contributed by atoms with van der Waals surface area (Å²) in [5, 5.41) is 8.21. The van der Waals surface area contributed by atoms with Crippen molar-refractivity contribution in [1.29, 1.82) is 0 Å². The number of hydrogen-bond acceptors (Lipinski definition) is 5. The first-order valence-electron chi connectivity index (χ1n) is 8.18. The van der Waals surface area contributed by atoms with Crippen molar-refractivity contribution in [2.24, 2.45) is 0 Å². The van der Waals surface area contributed by atoms with Crippen LogP contribution >= 0.6 is 34.5 Å². The van der Waals surface area contributed by atoms with Crippen molar-refractivity contribution in [2.45, 2.75) is 19.1 Å². The molecule has 0 bridgehead atoms. The summed E-state index contributed by atoms with van der Waals surface area (Å²) in [6.45, 7) is -0.107. The van der Waals surface area contributed by atoms with E-state index in [1.807, 2.05) is 0 Å². The number of carboxylic acids is 1. The van der Waals surface area contributed by atoms with Gasteiger partial charge in [0.25, 0.3) is 5.91 Å². The van der Waals surface area contributed by atoms with E-state index in [1.165, 1.54) is 4.90 Å². The Morgan fingerprint density at radius 2 is 1.97 bits per heavy atom. The number of rotatable bonds is 4. The first-order chi connectivity index (χ1) is 13.8. The topological polar surface area (TPSA) is 79.7 Å². The number of ether oxygens (including phenoxy) is 1. The van der Waals surface area contributed by atoms with E-state index < -0.39 is 41.1 Å². The number of amides is 1. The number of nitrogens with zero attached hydrogens (tertiary/aromatic N) is 2. The van der Waals surface area contributed by atoms with E-state index in [0.29, 0.717) is 11.4 Å². The van der Waals surface area contributed by atoms with Gasteiger partial charge in [-0.2, -0.15) is 0 Å². The molecule has 0 aliphatic carbocycles. The standard InChI is InChI=1S/C18H10Cl2F2N2O4S/c19-12-14(21)13(20)17-16(15(12)22)23-10(29-17)6-24-7-3-1-2-4-8(7)28-9(18(24)27)5-11(25)26/h1-4,9H,5-6H2,(H,25,26). The highest BCUT2D eigenvalue weighted by atomic mass is 35.5. The van der Waals surface area contributed by atoms with Gasteiger partial charge in [0.1, 0.15) is 21.3 Å². The van der Waals surface area contributed by atoms with Crippen molar-refractivity contribution < 1.29 is 28.2 Å². The molecule has 11 heteroatoms. The molecule has 2 aromatic carbocycles. The zero-order chi connectivity index (χ0) is 20.9. The van der Waals surface area contributed by atoms with Gasteiger partial charge >= 0.3 is 5.97 Å². The highest BCUT2D eigenvalue weighted by molar-refractivity contribution is 7.19. The van der Waals surface area contributed by atoms with Crippen molar-refractivity contribution in [3.05, 3.63) is 51.0 Å². The Bertz CT molecular complexity index is 1130. The van der Waals surface area contributed by atoms with E-state index >= 15 is 0 Å². The van der Waals surface area contributed by atoms with Crippen molar-refractivity contribution >= 4 is 62.3 Å². The Morgan fingerprint density at radius 1 is 1.24 bits per heavy atom. The molecule has 0 saturated carbocycles. The number of carbonyl (C=O) groups excluding carboxylic acids is 1. The fraction of sp³-hybridized carbons (Fsp3) is 0.167. The van der Waals surface area contributed by atoms with Crippen LogP contribution in [0, 0.1) is 11.6 Å². The van der Waals surface area contributed by atoms with E-state index in [4.69, 9.17) is 33.0 Å². The third kappa shape index (κ3) is 3.39. The molecule has 6 nitrogen and oxygen atoms in total. The molecule has 0 radical (unpaired) electrons. The van der Waals surface area contributed by atoms with Crippen molar-refractivity contribution in [3.63, 3.8) is 0 Å². The number of halogens is 4. The van der Waals surface area contributed by atoms with Crippen molar-refractivity contribution in [3.8, 4) is 5.75 Å². The number of carboxylic acid groups (broad SMARTS) is 1. The number of carbonyl (C=O) groups is 2. The monoisotopic (exact) mass is 458 g/mol. The molecular weight excluding hydrogens is 449 g/mol. The summed E-state index contributed by atoms with van der Waals surface area (Å²) in [6.07, 6.45) is -1.74. The minimum atomic E-state index is -1.22. The highest BCUT2D eigenvalue weighted by Crippen LogP contribution is 2.40. The van der Waals surface area contributed by atoms with Crippen LogP contribution in [0.25, 0.3) is 10.2 Å². The first-order valence-corrected chi connectivity index (χ1v) is 9.75. The van der Waals surface area contributed by atoms with Gasteiger partial charge in [-0.05, 0) is 12.1 Å². The van der Waals surface area contributed by atoms with Gasteiger partial charge in [-0.25, -0.2) is 13.8 Å². The first kappa shape index (κ1) is 19.8. The van der Waals surface area contributed by atoms with Crippen LogP contribution in [-0.2, 0) is 16.1 Å². The normalized spacial score (nSPS) is 16.1. The molecule has 3 aromatic rings. The second kappa shape index (κ2) is 7.40. The number of benzene rings is 2. The van der Waals surface area contributed by atoms with Gasteiger partial charge in [0.05, 0.1) is 28.4 Å². The van der Waals surface area contributed by atoms with Gasteiger partial charge in [0.15, 0.2) is 17.7 Å². The van der Waals surface area contributed by atoms with Crippen LogP contribution in [0.5, 0.6) is 5.75 Å². The summed E-state index contributed by atoms with van der Waals surface area (Å²) in [6, 6.07) is 6.60. The zero-order valence-corrected chi connectivity index (χ0v) is 16.6. The lowest BCUT2D eigenvalue weighted by Gasteiger charge is -2.33. The minimum Gasteiger partial charge on any atom is -0.481 e. The number of anilines is 1. The van der Waals surface area contributed by atoms with Crippen molar-refractivity contribution in [1.82, 2.24) is 4.98 Å². The average molecular weight is 459 g/mol. The SMILES string of the molecule is O=C(O)CC1Oc2ccccc2N(Cc2nc3c(F)c(Cl)c(F)c(Cl)c3s2)C1=O. The summed E-state index contributed by atoms with van der Waals surface area (Å²) in [4.78, 5) is 29.3. The van der Waals surface area contributed by atoms with E-state index in [9.17, 15) is 18.4 Å². The van der Waals surface area contributed by atoms with Gasteiger partial charge in [0.2, 0.25) is 0 Å². The smallest absolute Gasteiger partial charge is 0.307 e. The van der Waals surface area contributed by atoms with Gasteiger partial charge in [-0.15, -0.1) is 11.3 Å². The van der Waals surface area contributed by atoms with Gasteiger partial charge in [-0.3, -0.25) is 14.5 Å². The van der Waals surface area contributed by atoms with E-state index in [-0.39, 0.29) is 26.8 Å². The van der Waals surface area contributed by atoms with Crippen LogP contribution < -0.4 is 9.64 Å². The summed E-state index contributed by atoms with van der Waals surface area (Å²) >= 11 is 12.5. The maximum absolute atomic E-state index is 14.3. The largest absolute Gasteiger partial charge is 0.481 e. The van der Waals surface area contributed by atoms with Crippen LogP contribution in [0.2, 0.25) is 10.0 Å². The Kier molecular flexibility index (Phi) is 5.05. The Hall–Kier alpha value is -2.49. The molecule has 150 valence electrons. The minimum absolute atomic E-state index is 0.0668. The second-order valence-electron chi connectivity index (χ2n) is 6.14. The third-order valence-electron chi connectivity index (χ3n) is 4.28. The molecule has 1 amide bonds. The zero-order valence-electron chi connectivity index (χ0n) is 14.3. The molecule has 1 aromatic heterocycles. The van der Waals surface area contributed by atoms with Gasteiger partial charge < -0.3 is 9.84 Å². The molecule has 0 saturated heterocycles. The van der Waals surface area contributed by atoms with Crippen LogP contribution in [-0.4, -0.2) is 28.1 Å². The molecular formula is C18H10Cl2F2N2O4S. The lowest BCUT2D eigenvalue weighted by atomic mass is 10.1. The molecule has 1 aliphatic heterocycles. The fourth-order valence-corrected chi connectivity index (χ4v) is 4.50. The lowest BCUT2D eigenvalue weighted by Crippen LogP contribution is -2.46. The summed E-state index contributed by atoms with van der Waals surface area (Å²) in [5.74, 6) is -3.56. The Morgan fingerprint density at radius 3 is 2.69 bits per heavy atom. The van der Waals surface area contributed by atoms with E-state index in [2.05, 4.69) is 4.98 Å². The molecule has 4 rings (SSSR count). The number of aromatic nitrogens is 1.